The number of ether oxygens (including phenoxy) is 2. The second-order valence-corrected chi connectivity index (χ2v) is 16.6. The SMILES string of the molecule is C=C[C@@H]1C[C@]1(NC(=O)[C@@H]1C[C@@H]2CN1C(=O)[C@H](CC(F)F)NC(=O)OC(C)(C)CC/C=C/c1cccc3c1CN(C3)C(=O)O2)C(=O)NS(=O)(=O)C1CC1. The molecule has 2 saturated carbocycles. The molecule has 2 aliphatic carbocycles. The molecule has 3 N–H and O–H groups in total. The van der Waals surface area contributed by atoms with Crippen molar-refractivity contribution >= 4 is 46.0 Å². The molecule has 0 unspecified atom stereocenters. The number of halogens is 2. The average molecular weight is 748 g/mol. The van der Waals surface area contributed by atoms with Crippen molar-refractivity contribution in [2.24, 2.45) is 5.92 Å². The summed E-state index contributed by atoms with van der Waals surface area (Å²) < 4.78 is 66.3. The molecule has 3 aliphatic heterocycles. The lowest BCUT2D eigenvalue weighted by atomic mass is 10.00. The third-order valence-electron chi connectivity index (χ3n) is 10.2. The van der Waals surface area contributed by atoms with Gasteiger partial charge in [0.15, 0.2) is 0 Å². The molecule has 1 saturated heterocycles. The highest BCUT2D eigenvalue weighted by Crippen LogP contribution is 2.45. The normalized spacial score (nSPS) is 29.5. The molecule has 3 fully saturated rings. The van der Waals surface area contributed by atoms with Gasteiger partial charge in [-0.1, -0.05) is 36.4 Å². The molecule has 282 valence electrons. The van der Waals surface area contributed by atoms with E-state index in [9.17, 15) is 41.2 Å². The fourth-order valence-electron chi connectivity index (χ4n) is 7.06. The van der Waals surface area contributed by atoms with Crippen molar-refractivity contribution in [3.63, 3.8) is 0 Å². The fourth-order valence-corrected chi connectivity index (χ4v) is 8.42. The van der Waals surface area contributed by atoms with Crippen LogP contribution in [0.25, 0.3) is 6.08 Å². The number of amides is 5. The first kappa shape index (κ1) is 37.2. The Labute approximate surface area is 300 Å². The molecule has 52 heavy (non-hydrogen) atoms. The minimum Gasteiger partial charge on any atom is -0.444 e. The molecule has 3 heterocycles. The van der Waals surface area contributed by atoms with Crippen LogP contribution in [0.1, 0.15) is 75.5 Å². The van der Waals surface area contributed by atoms with Gasteiger partial charge in [0, 0.05) is 25.3 Å². The molecule has 4 bridgehead atoms. The number of sulfonamides is 1. The lowest BCUT2D eigenvalue weighted by Crippen LogP contribution is -2.58. The number of hydrogen-bond acceptors (Lipinski definition) is 9. The van der Waals surface area contributed by atoms with E-state index in [2.05, 4.69) is 21.9 Å². The van der Waals surface area contributed by atoms with Gasteiger partial charge in [-0.2, -0.15) is 0 Å². The number of carbonyl (C=O) groups is 5. The van der Waals surface area contributed by atoms with Gasteiger partial charge in [-0.15, -0.1) is 6.58 Å². The first-order valence-corrected chi connectivity index (χ1v) is 18.9. The first-order chi connectivity index (χ1) is 24.5. The van der Waals surface area contributed by atoms with Crippen LogP contribution >= 0.6 is 0 Å². The molecule has 5 amide bonds. The third kappa shape index (κ3) is 7.93. The van der Waals surface area contributed by atoms with Gasteiger partial charge in [-0.25, -0.2) is 26.8 Å². The Kier molecular flexibility index (Phi) is 10.1. The van der Waals surface area contributed by atoms with Crippen LogP contribution in [0, 0.1) is 5.92 Å². The van der Waals surface area contributed by atoms with E-state index in [-0.39, 0.29) is 32.5 Å². The molecule has 0 spiro atoms. The summed E-state index contributed by atoms with van der Waals surface area (Å²) in [4.78, 5) is 70.3. The number of rotatable bonds is 8. The lowest BCUT2D eigenvalue weighted by Gasteiger charge is -2.31. The van der Waals surface area contributed by atoms with Gasteiger partial charge >= 0.3 is 12.2 Å². The van der Waals surface area contributed by atoms with E-state index in [1.165, 1.54) is 11.0 Å². The molecule has 14 nitrogen and oxygen atoms in total. The Morgan fingerprint density at radius 1 is 1.17 bits per heavy atom. The lowest BCUT2D eigenvalue weighted by molar-refractivity contribution is -0.141. The van der Waals surface area contributed by atoms with Crippen molar-refractivity contribution < 1.29 is 50.6 Å². The second kappa shape index (κ2) is 14.1. The van der Waals surface area contributed by atoms with Crippen molar-refractivity contribution in [1.82, 2.24) is 25.2 Å². The van der Waals surface area contributed by atoms with Crippen molar-refractivity contribution in [2.45, 2.75) is 113 Å². The predicted octanol–water partition coefficient (Wildman–Crippen LogP) is 3.11. The van der Waals surface area contributed by atoms with Crippen molar-refractivity contribution in [2.75, 3.05) is 6.54 Å². The summed E-state index contributed by atoms with van der Waals surface area (Å²) in [5, 5.41) is 4.13. The molecule has 5 aliphatic rings. The number of fused-ring (bicyclic) bond motifs is 3. The van der Waals surface area contributed by atoms with E-state index >= 15 is 0 Å². The summed E-state index contributed by atoms with van der Waals surface area (Å²) in [6.07, 6.45) is -0.450. The Bertz CT molecular complexity index is 1800. The summed E-state index contributed by atoms with van der Waals surface area (Å²) >= 11 is 0. The van der Waals surface area contributed by atoms with E-state index in [1.807, 2.05) is 30.4 Å². The van der Waals surface area contributed by atoms with Gasteiger partial charge in [0.1, 0.15) is 29.3 Å². The maximum absolute atomic E-state index is 14.0. The molecular weight excluding hydrogens is 704 g/mol. The van der Waals surface area contributed by atoms with Gasteiger partial charge < -0.3 is 25.0 Å². The maximum atomic E-state index is 14.0. The summed E-state index contributed by atoms with van der Waals surface area (Å²) in [6, 6.07) is 2.41. The van der Waals surface area contributed by atoms with E-state index in [0.29, 0.717) is 25.7 Å². The van der Waals surface area contributed by atoms with Crippen LogP contribution in [0.2, 0.25) is 0 Å². The van der Waals surface area contributed by atoms with Crippen LogP contribution in [-0.4, -0.2) is 95.7 Å². The number of alkyl carbamates (subject to hydrolysis) is 1. The van der Waals surface area contributed by atoms with Gasteiger partial charge in [0.2, 0.25) is 28.3 Å². The van der Waals surface area contributed by atoms with Crippen molar-refractivity contribution in [3.8, 4) is 0 Å². The Morgan fingerprint density at radius 2 is 1.92 bits per heavy atom. The average Bonchev–Trinajstić information content (AvgIpc) is 3.95. The van der Waals surface area contributed by atoms with Crippen molar-refractivity contribution in [1.29, 1.82) is 0 Å². The minimum absolute atomic E-state index is 0.0250. The van der Waals surface area contributed by atoms with Crippen LogP contribution in [0.15, 0.2) is 36.9 Å². The quantitative estimate of drug-likeness (QED) is 0.337. The number of benzene rings is 1. The van der Waals surface area contributed by atoms with E-state index in [0.717, 1.165) is 21.6 Å². The van der Waals surface area contributed by atoms with Gasteiger partial charge in [0.05, 0.1) is 18.3 Å². The van der Waals surface area contributed by atoms with E-state index < -0.39 is 93.3 Å². The van der Waals surface area contributed by atoms with Gasteiger partial charge in [-0.3, -0.25) is 24.0 Å². The zero-order valence-corrected chi connectivity index (χ0v) is 29.8. The molecule has 17 heteroatoms. The molecule has 1 aromatic carbocycles. The number of hydrogen-bond donors (Lipinski definition) is 3. The van der Waals surface area contributed by atoms with Crippen LogP contribution in [-0.2, 0) is 47.0 Å². The highest BCUT2D eigenvalue weighted by Gasteiger charge is 2.62. The van der Waals surface area contributed by atoms with Gasteiger partial charge in [-0.05, 0) is 62.6 Å². The molecule has 0 aromatic heterocycles. The summed E-state index contributed by atoms with van der Waals surface area (Å²) in [5.74, 6) is -3.56. The highest BCUT2D eigenvalue weighted by atomic mass is 32.2. The topological polar surface area (TPSA) is 181 Å². The zero-order chi connectivity index (χ0) is 37.6. The molecule has 0 radical (unpaired) electrons. The molecular formula is C35H43F2N5O9S. The predicted molar refractivity (Wildman–Crippen MR) is 182 cm³/mol. The maximum Gasteiger partial charge on any atom is 0.410 e. The fraction of sp³-hybridized carbons (Fsp3) is 0.571. The molecule has 1 aromatic rings. The minimum atomic E-state index is -3.98. The number of allylic oxidation sites excluding steroid dienone is 1. The number of cyclic esters (lactones) is 1. The number of nitrogens with zero attached hydrogens (tertiary/aromatic N) is 2. The third-order valence-corrected chi connectivity index (χ3v) is 12.0. The van der Waals surface area contributed by atoms with E-state index in [4.69, 9.17) is 9.47 Å². The molecule has 6 rings (SSSR count). The van der Waals surface area contributed by atoms with E-state index in [1.54, 1.807) is 13.8 Å². The first-order valence-electron chi connectivity index (χ1n) is 17.3. The zero-order valence-electron chi connectivity index (χ0n) is 28.9. The monoisotopic (exact) mass is 747 g/mol. The summed E-state index contributed by atoms with van der Waals surface area (Å²) in [5.41, 5.74) is -0.0173. The number of carbonyl (C=O) groups excluding carboxylic acids is 5. The van der Waals surface area contributed by atoms with Crippen LogP contribution < -0.4 is 15.4 Å². The smallest absolute Gasteiger partial charge is 0.410 e. The van der Waals surface area contributed by atoms with Crippen molar-refractivity contribution in [3.05, 3.63) is 53.6 Å². The van der Waals surface area contributed by atoms with Gasteiger partial charge in [0.25, 0.3) is 5.91 Å². The Hall–Kier alpha value is -4.54. The second-order valence-electron chi connectivity index (χ2n) is 14.7. The molecule has 5 atom stereocenters. The summed E-state index contributed by atoms with van der Waals surface area (Å²) in [7, 11) is -3.98. The Morgan fingerprint density at radius 3 is 2.60 bits per heavy atom. The Balaban J connectivity index is 1.29. The summed E-state index contributed by atoms with van der Waals surface area (Å²) in [6.45, 7) is 7.08. The standard InChI is InChI=1S/C35H43F2N5O9S/c1-4-22-16-35(22,31(45)40-52(48,49)24-11-12-24)39-29(43)27-14-23-18-42(27)30(44)26(15-28(36)37)38-32(46)51-34(2,3)13-6-5-8-20-9-7-10-21-17-41(19-25(20)21)33(47)50-23/h4-5,7-10,22-24,26-28H,1,6,11-19H2,2-3H3,(H,38,46)(H,39,43)(H,40,45)/b8-5+/t22-,23-,26+,27+,35-/m1/s1. The van der Waals surface area contributed by atoms with Crippen LogP contribution in [0.5, 0.6) is 0 Å². The van der Waals surface area contributed by atoms with Crippen LogP contribution in [0.4, 0.5) is 18.4 Å². The number of alkyl halides is 2. The largest absolute Gasteiger partial charge is 0.444 e. The van der Waals surface area contributed by atoms with Crippen LogP contribution in [0.3, 0.4) is 0 Å². The highest BCUT2D eigenvalue weighted by molar-refractivity contribution is 7.91. The number of nitrogens with one attached hydrogen (secondary N) is 3.